The van der Waals surface area contributed by atoms with Gasteiger partial charge in [0.15, 0.2) is 5.11 Å². The van der Waals surface area contributed by atoms with Gasteiger partial charge in [0.1, 0.15) is 5.65 Å². The van der Waals surface area contributed by atoms with Gasteiger partial charge in [-0.1, -0.05) is 19.3 Å². The van der Waals surface area contributed by atoms with E-state index in [4.69, 9.17) is 12.2 Å². The first-order valence-corrected chi connectivity index (χ1v) is 8.16. The highest BCUT2D eigenvalue weighted by Gasteiger charge is 2.13. The van der Waals surface area contributed by atoms with Crippen molar-refractivity contribution in [2.45, 2.75) is 38.6 Å². The van der Waals surface area contributed by atoms with E-state index in [2.05, 4.69) is 26.7 Å². The predicted molar refractivity (Wildman–Crippen MR) is 90.1 cm³/mol. The molecule has 0 unspecified atom stereocenters. The van der Waals surface area contributed by atoms with E-state index in [0.717, 1.165) is 35.2 Å². The molecule has 2 heterocycles. The first-order chi connectivity index (χ1) is 10.3. The van der Waals surface area contributed by atoms with Crippen LogP contribution in [0.4, 0.5) is 0 Å². The minimum atomic E-state index is 0.730. The summed E-state index contributed by atoms with van der Waals surface area (Å²) in [5.74, 6) is 0.788. The number of rotatable bonds is 4. The number of nitrogens with one attached hydrogen (secondary N) is 3. The number of thiocarbonyl (C=S) groups is 1. The fourth-order valence-corrected chi connectivity index (χ4v) is 3.19. The average molecular weight is 302 g/mol. The zero-order valence-corrected chi connectivity index (χ0v) is 13.0. The summed E-state index contributed by atoms with van der Waals surface area (Å²) >= 11 is 5.38. The first-order valence-electron chi connectivity index (χ1n) is 7.75. The van der Waals surface area contributed by atoms with Crippen LogP contribution in [0.25, 0.3) is 11.0 Å². The van der Waals surface area contributed by atoms with E-state index < -0.39 is 0 Å². The zero-order valence-electron chi connectivity index (χ0n) is 12.2. The third kappa shape index (κ3) is 3.73. The number of H-pyrrole nitrogens is 1. The third-order valence-electron chi connectivity index (χ3n) is 4.27. The number of nitrogens with zero attached hydrogens (tertiary/aromatic N) is 1. The van der Waals surface area contributed by atoms with Gasteiger partial charge in [0, 0.05) is 30.9 Å². The maximum atomic E-state index is 5.38. The molecule has 2 aromatic heterocycles. The summed E-state index contributed by atoms with van der Waals surface area (Å²) < 4.78 is 0. The van der Waals surface area contributed by atoms with Crippen molar-refractivity contribution < 1.29 is 0 Å². The van der Waals surface area contributed by atoms with Gasteiger partial charge in [0.25, 0.3) is 0 Å². The molecule has 3 N–H and O–H groups in total. The quantitative estimate of drug-likeness (QED) is 0.760. The summed E-state index contributed by atoms with van der Waals surface area (Å²) in [4.78, 5) is 7.42. The number of aromatic nitrogens is 2. The largest absolute Gasteiger partial charge is 0.362 e. The fourth-order valence-electron chi connectivity index (χ4n) is 3.04. The van der Waals surface area contributed by atoms with Crippen molar-refractivity contribution in [3.8, 4) is 0 Å². The third-order valence-corrected chi connectivity index (χ3v) is 4.55. The summed E-state index contributed by atoms with van der Waals surface area (Å²) in [6.45, 7) is 1.73. The molecule has 1 saturated carbocycles. The molecule has 0 aromatic carbocycles. The molecule has 5 heteroatoms. The number of hydrogen-bond donors (Lipinski definition) is 3. The van der Waals surface area contributed by atoms with Crippen LogP contribution in [0.2, 0.25) is 0 Å². The van der Waals surface area contributed by atoms with Crippen LogP contribution >= 0.6 is 12.2 Å². The second-order valence-corrected chi connectivity index (χ2v) is 6.19. The molecule has 1 aliphatic carbocycles. The maximum absolute atomic E-state index is 5.38. The van der Waals surface area contributed by atoms with E-state index >= 15 is 0 Å². The second-order valence-electron chi connectivity index (χ2n) is 5.78. The summed E-state index contributed by atoms with van der Waals surface area (Å²) in [7, 11) is 0. The number of hydrogen-bond acceptors (Lipinski definition) is 2. The summed E-state index contributed by atoms with van der Waals surface area (Å²) in [5, 5.41) is 8.56. The van der Waals surface area contributed by atoms with Crippen LogP contribution in [-0.2, 0) is 6.54 Å². The van der Waals surface area contributed by atoms with E-state index in [1.54, 1.807) is 0 Å². The van der Waals surface area contributed by atoms with Crippen molar-refractivity contribution in [3.05, 3.63) is 30.1 Å². The lowest BCUT2D eigenvalue weighted by Crippen LogP contribution is -2.38. The van der Waals surface area contributed by atoms with Gasteiger partial charge >= 0.3 is 0 Å². The predicted octanol–water partition coefficient (Wildman–Crippen LogP) is 3.11. The molecule has 1 aliphatic rings. The van der Waals surface area contributed by atoms with E-state index in [1.807, 2.05) is 18.5 Å². The monoisotopic (exact) mass is 302 g/mol. The Bertz CT molecular complexity index is 601. The van der Waals surface area contributed by atoms with Gasteiger partial charge < -0.3 is 15.6 Å². The van der Waals surface area contributed by atoms with Gasteiger partial charge in [-0.2, -0.15) is 0 Å². The number of pyridine rings is 1. The Hall–Kier alpha value is -1.62. The van der Waals surface area contributed by atoms with Crippen LogP contribution in [0.1, 0.15) is 37.7 Å². The summed E-state index contributed by atoms with van der Waals surface area (Å²) in [6.07, 6.45) is 10.6. The first kappa shape index (κ1) is 14.3. The van der Waals surface area contributed by atoms with Gasteiger partial charge in [-0.3, -0.25) is 0 Å². The van der Waals surface area contributed by atoms with Crippen LogP contribution in [0.15, 0.2) is 24.5 Å². The molecule has 21 heavy (non-hydrogen) atoms. The van der Waals surface area contributed by atoms with Crippen molar-refractivity contribution in [2.24, 2.45) is 5.92 Å². The van der Waals surface area contributed by atoms with Crippen LogP contribution in [0.3, 0.4) is 0 Å². The molecule has 1 fully saturated rings. The normalized spacial score (nSPS) is 16.0. The van der Waals surface area contributed by atoms with Crippen LogP contribution in [0.5, 0.6) is 0 Å². The van der Waals surface area contributed by atoms with Crippen LogP contribution in [-0.4, -0.2) is 21.6 Å². The molecule has 0 aliphatic heterocycles. The minimum absolute atomic E-state index is 0.730. The van der Waals surface area contributed by atoms with Gasteiger partial charge in [-0.05, 0) is 48.7 Å². The van der Waals surface area contributed by atoms with Crippen molar-refractivity contribution >= 4 is 28.4 Å². The highest BCUT2D eigenvalue weighted by molar-refractivity contribution is 7.80. The lowest BCUT2D eigenvalue weighted by atomic mass is 9.89. The standard InChI is InChI=1S/C16H22N4S/c21-16(19-10-12-4-2-1-3-5-12)20-11-13-6-8-17-15-14(13)7-9-18-15/h6-9,12H,1-5,10-11H2,(H,17,18)(H2,19,20,21). The van der Waals surface area contributed by atoms with E-state index in [-0.39, 0.29) is 0 Å². The smallest absolute Gasteiger partial charge is 0.166 e. The van der Waals surface area contributed by atoms with Gasteiger partial charge in [-0.25, -0.2) is 4.98 Å². The molecule has 0 bridgehead atoms. The average Bonchev–Trinajstić information content (AvgIpc) is 3.01. The van der Waals surface area contributed by atoms with Crippen LogP contribution < -0.4 is 10.6 Å². The molecule has 0 saturated heterocycles. The van der Waals surface area contributed by atoms with Crippen molar-refractivity contribution in [1.82, 2.24) is 20.6 Å². The Morgan fingerprint density at radius 2 is 2.10 bits per heavy atom. The molecule has 0 spiro atoms. The van der Waals surface area contributed by atoms with Gasteiger partial charge in [0.2, 0.25) is 0 Å². The molecule has 0 radical (unpaired) electrons. The number of aromatic amines is 1. The molecular formula is C16H22N4S. The van der Waals surface area contributed by atoms with Crippen molar-refractivity contribution in [3.63, 3.8) is 0 Å². The molecule has 2 aromatic rings. The van der Waals surface area contributed by atoms with Gasteiger partial charge in [0.05, 0.1) is 0 Å². The lowest BCUT2D eigenvalue weighted by Gasteiger charge is -2.22. The Kier molecular flexibility index (Phi) is 4.70. The topological polar surface area (TPSA) is 52.7 Å². The highest BCUT2D eigenvalue weighted by atomic mass is 32.1. The van der Waals surface area contributed by atoms with Crippen LogP contribution in [0, 0.1) is 5.92 Å². The van der Waals surface area contributed by atoms with E-state index in [9.17, 15) is 0 Å². The van der Waals surface area contributed by atoms with Gasteiger partial charge in [-0.15, -0.1) is 0 Å². The van der Waals surface area contributed by atoms with E-state index in [0.29, 0.717) is 0 Å². The Balaban J connectivity index is 1.48. The van der Waals surface area contributed by atoms with Crippen molar-refractivity contribution in [2.75, 3.05) is 6.54 Å². The molecule has 4 nitrogen and oxygen atoms in total. The van der Waals surface area contributed by atoms with Crippen molar-refractivity contribution in [1.29, 1.82) is 0 Å². The zero-order chi connectivity index (χ0) is 14.5. The highest BCUT2D eigenvalue weighted by Crippen LogP contribution is 2.22. The maximum Gasteiger partial charge on any atom is 0.166 e. The summed E-state index contributed by atoms with van der Waals surface area (Å²) in [6, 6.07) is 4.09. The molecule has 0 amide bonds. The Labute approximate surface area is 130 Å². The number of fused-ring (bicyclic) bond motifs is 1. The Morgan fingerprint density at radius 1 is 1.24 bits per heavy atom. The van der Waals surface area contributed by atoms with E-state index in [1.165, 1.54) is 37.7 Å². The second kappa shape index (κ2) is 6.89. The SMILES string of the molecule is S=C(NCc1ccnc2[nH]ccc12)NCC1CCCCC1. The lowest BCUT2D eigenvalue weighted by molar-refractivity contribution is 0.356. The molecular weight excluding hydrogens is 280 g/mol. The fraction of sp³-hybridized carbons (Fsp3) is 0.500. The minimum Gasteiger partial charge on any atom is -0.362 e. The summed E-state index contributed by atoms with van der Waals surface area (Å²) in [5.41, 5.74) is 2.14. The molecule has 3 rings (SSSR count). The Morgan fingerprint density at radius 3 is 2.95 bits per heavy atom. The molecule has 0 atom stereocenters. The molecule has 112 valence electrons.